The van der Waals surface area contributed by atoms with Crippen molar-refractivity contribution in [1.82, 2.24) is 4.90 Å². The number of piperidine rings is 1. The molecule has 3 nitrogen and oxygen atoms in total. The van der Waals surface area contributed by atoms with Crippen molar-refractivity contribution in [1.29, 1.82) is 0 Å². The zero-order chi connectivity index (χ0) is 13.4. The van der Waals surface area contributed by atoms with E-state index in [2.05, 4.69) is 24.1 Å². The van der Waals surface area contributed by atoms with Crippen molar-refractivity contribution in [2.45, 2.75) is 43.8 Å². The van der Waals surface area contributed by atoms with Crippen LogP contribution in [0.5, 0.6) is 5.75 Å². The highest BCUT2D eigenvalue weighted by atomic mass is 16.5. The summed E-state index contributed by atoms with van der Waals surface area (Å²) in [6.07, 6.45) is 4.89. The van der Waals surface area contributed by atoms with E-state index in [0.29, 0.717) is 18.0 Å². The number of methoxy groups -OCH3 is 1. The van der Waals surface area contributed by atoms with Gasteiger partial charge < -0.3 is 15.4 Å². The molecule has 2 saturated heterocycles. The molecule has 3 rings (SSSR count). The minimum atomic E-state index is 0.357. The van der Waals surface area contributed by atoms with E-state index >= 15 is 0 Å². The van der Waals surface area contributed by atoms with Gasteiger partial charge in [-0.05, 0) is 56.3 Å². The first-order chi connectivity index (χ1) is 9.19. The minimum Gasteiger partial charge on any atom is -0.497 e. The lowest BCUT2D eigenvalue weighted by Crippen LogP contribution is -2.52. The summed E-state index contributed by atoms with van der Waals surface area (Å²) in [6.45, 7) is 0. The number of benzene rings is 1. The number of fused-ring (bicyclic) bond motifs is 2. The molecule has 0 amide bonds. The molecule has 0 aromatic heterocycles. The van der Waals surface area contributed by atoms with E-state index in [1.54, 1.807) is 7.11 Å². The number of nitrogens with two attached hydrogens (primary N) is 1. The Morgan fingerprint density at radius 3 is 2.68 bits per heavy atom. The Hall–Kier alpha value is -1.06. The molecule has 104 valence electrons. The fourth-order valence-corrected chi connectivity index (χ4v) is 3.94. The maximum absolute atomic E-state index is 6.41. The van der Waals surface area contributed by atoms with Crippen molar-refractivity contribution in [3.8, 4) is 5.75 Å². The van der Waals surface area contributed by atoms with Gasteiger partial charge in [-0.1, -0.05) is 12.1 Å². The molecule has 1 aromatic rings. The van der Waals surface area contributed by atoms with Crippen LogP contribution >= 0.6 is 0 Å². The second-order valence-electron chi connectivity index (χ2n) is 6.08. The molecule has 2 N–H and O–H groups in total. The molecule has 3 heteroatoms. The maximum atomic E-state index is 6.41. The molecule has 2 bridgehead atoms. The van der Waals surface area contributed by atoms with Crippen LogP contribution in [0.2, 0.25) is 0 Å². The van der Waals surface area contributed by atoms with Gasteiger partial charge in [0.25, 0.3) is 0 Å². The summed E-state index contributed by atoms with van der Waals surface area (Å²) in [6, 6.07) is 10.2. The quantitative estimate of drug-likeness (QED) is 0.904. The Labute approximate surface area is 115 Å². The van der Waals surface area contributed by atoms with E-state index in [4.69, 9.17) is 10.5 Å². The lowest BCUT2D eigenvalue weighted by molar-refractivity contribution is 0.102. The first-order valence-corrected chi connectivity index (χ1v) is 7.29. The number of ether oxygens (including phenoxy) is 1. The normalized spacial score (nSPS) is 34.5. The molecule has 0 spiro atoms. The predicted octanol–water partition coefficient (Wildman–Crippen LogP) is 2.05. The van der Waals surface area contributed by atoms with Crippen LogP contribution in [0.15, 0.2) is 24.3 Å². The molecule has 4 atom stereocenters. The van der Waals surface area contributed by atoms with E-state index < -0.39 is 0 Å². The van der Waals surface area contributed by atoms with Crippen LogP contribution in [-0.4, -0.2) is 37.2 Å². The van der Waals surface area contributed by atoms with Gasteiger partial charge in [0, 0.05) is 18.1 Å². The van der Waals surface area contributed by atoms with E-state index in [-0.39, 0.29) is 0 Å². The van der Waals surface area contributed by atoms with E-state index in [0.717, 1.165) is 24.6 Å². The van der Waals surface area contributed by atoms with E-state index in [1.807, 2.05) is 12.1 Å². The summed E-state index contributed by atoms with van der Waals surface area (Å²) >= 11 is 0. The Kier molecular flexibility index (Phi) is 3.50. The molecule has 0 aliphatic carbocycles. The Bertz CT molecular complexity index is 431. The third-order valence-electron chi connectivity index (χ3n) is 5.11. The lowest BCUT2D eigenvalue weighted by Gasteiger charge is -2.41. The number of nitrogens with zero attached hydrogens (tertiary/aromatic N) is 1. The number of rotatable bonds is 3. The van der Waals surface area contributed by atoms with Crippen molar-refractivity contribution in [2.24, 2.45) is 11.7 Å². The monoisotopic (exact) mass is 260 g/mol. The third-order valence-corrected chi connectivity index (χ3v) is 5.11. The SMILES string of the molecule is COc1ccc(C[C@H]2[C@H](N)C[C@H]3CC[C@H]2N3C)cc1. The minimum absolute atomic E-state index is 0.357. The maximum Gasteiger partial charge on any atom is 0.118 e. The van der Waals surface area contributed by atoms with Gasteiger partial charge in [0.15, 0.2) is 0 Å². The largest absolute Gasteiger partial charge is 0.497 e. The van der Waals surface area contributed by atoms with Gasteiger partial charge >= 0.3 is 0 Å². The highest BCUT2D eigenvalue weighted by Gasteiger charge is 2.43. The summed E-state index contributed by atoms with van der Waals surface area (Å²) in [5, 5.41) is 0. The van der Waals surface area contributed by atoms with Crippen LogP contribution in [0.3, 0.4) is 0 Å². The second kappa shape index (κ2) is 5.14. The lowest BCUT2D eigenvalue weighted by atomic mass is 9.82. The fourth-order valence-electron chi connectivity index (χ4n) is 3.94. The van der Waals surface area contributed by atoms with Crippen molar-refractivity contribution >= 4 is 0 Å². The molecule has 2 heterocycles. The van der Waals surface area contributed by atoms with E-state index in [9.17, 15) is 0 Å². The highest BCUT2D eigenvalue weighted by Crippen LogP contribution is 2.38. The van der Waals surface area contributed by atoms with Gasteiger partial charge in [-0.2, -0.15) is 0 Å². The topological polar surface area (TPSA) is 38.5 Å². The Morgan fingerprint density at radius 2 is 2.00 bits per heavy atom. The standard InChI is InChI=1S/C16H24N2O/c1-18-12-5-8-16(18)14(15(17)10-12)9-11-3-6-13(19-2)7-4-11/h3-4,6-7,12,14-16H,5,8-10,17H2,1-2H3/t12-,14+,15-,16-/m1/s1. The zero-order valence-electron chi connectivity index (χ0n) is 11.9. The van der Waals surface area contributed by atoms with Crippen molar-refractivity contribution in [2.75, 3.05) is 14.2 Å². The van der Waals surface area contributed by atoms with Gasteiger partial charge in [0.2, 0.25) is 0 Å². The molecule has 2 fully saturated rings. The van der Waals surface area contributed by atoms with Crippen LogP contribution in [0.4, 0.5) is 0 Å². The molecule has 0 radical (unpaired) electrons. The van der Waals surface area contributed by atoms with Gasteiger partial charge in [0.1, 0.15) is 5.75 Å². The summed E-state index contributed by atoms with van der Waals surface area (Å²) < 4.78 is 5.21. The second-order valence-corrected chi connectivity index (χ2v) is 6.08. The smallest absolute Gasteiger partial charge is 0.118 e. The third kappa shape index (κ3) is 2.37. The van der Waals surface area contributed by atoms with Crippen molar-refractivity contribution in [3.05, 3.63) is 29.8 Å². The average Bonchev–Trinajstić information content (AvgIpc) is 2.68. The van der Waals surface area contributed by atoms with Crippen LogP contribution in [0.1, 0.15) is 24.8 Å². The molecule has 2 aliphatic heterocycles. The van der Waals surface area contributed by atoms with Crippen LogP contribution in [0.25, 0.3) is 0 Å². The first kappa shape index (κ1) is 12.9. The molecule has 1 aromatic carbocycles. The molecular weight excluding hydrogens is 236 g/mol. The molecular formula is C16H24N2O. The van der Waals surface area contributed by atoms with Crippen LogP contribution in [0, 0.1) is 5.92 Å². The summed E-state index contributed by atoms with van der Waals surface area (Å²) in [7, 11) is 3.98. The van der Waals surface area contributed by atoms with Crippen molar-refractivity contribution < 1.29 is 4.74 Å². The summed E-state index contributed by atoms with van der Waals surface area (Å²) in [5.74, 6) is 1.52. The predicted molar refractivity (Wildman–Crippen MR) is 77.4 cm³/mol. The number of hydrogen-bond donors (Lipinski definition) is 1. The first-order valence-electron chi connectivity index (χ1n) is 7.29. The Morgan fingerprint density at radius 1 is 1.26 bits per heavy atom. The average molecular weight is 260 g/mol. The van der Waals surface area contributed by atoms with Crippen LogP contribution in [-0.2, 0) is 6.42 Å². The van der Waals surface area contributed by atoms with Gasteiger partial charge in [-0.15, -0.1) is 0 Å². The highest BCUT2D eigenvalue weighted by molar-refractivity contribution is 5.28. The molecule has 19 heavy (non-hydrogen) atoms. The Balaban J connectivity index is 1.73. The van der Waals surface area contributed by atoms with E-state index in [1.165, 1.54) is 18.4 Å². The van der Waals surface area contributed by atoms with Crippen LogP contribution < -0.4 is 10.5 Å². The molecule has 0 unspecified atom stereocenters. The zero-order valence-corrected chi connectivity index (χ0v) is 11.9. The molecule has 0 saturated carbocycles. The van der Waals surface area contributed by atoms with Gasteiger partial charge in [-0.3, -0.25) is 0 Å². The van der Waals surface area contributed by atoms with Gasteiger partial charge in [-0.25, -0.2) is 0 Å². The van der Waals surface area contributed by atoms with Crippen molar-refractivity contribution in [3.63, 3.8) is 0 Å². The summed E-state index contributed by atoms with van der Waals surface area (Å²) in [4.78, 5) is 2.57. The van der Waals surface area contributed by atoms with Gasteiger partial charge in [0.05, 0.1) is 7.11 Å². The summed E-state index contributed by atoms with van der Waals surface area (Å²) in [5.41, 5.74) is 7.79. The fraction of sp³-hybridized carbons (Fsp3) is 0.625. The molecule has 2 aliphatic rings. The number of hydrogen-bond acceptors (Lipinski definition) is 3.